The number of furan rings is 1. The number of nitrogens with one attached hydrogen (secondary N) is 2. The van der Waals surface area contributed by atoms with Gasteiger partial charge in [-0.25, -0.2) is 4.39 Å². The monoisotopic (exact) mass is 534 g/mol. The number of nitrogen functional groups attached to an aromatic ring is 1. The average Bonchev–Trinajstić information content (AvgIpc) is 3.64. The third-order valence-electron chi connectivity index (χ3n) is 7.15. The fourth-order valence-corrected chi connectivity index (χ4v) is 5.02. The molecule has 6 rings (SSSR count). The maximum absolute atomic E-state index is 15.0. The summed E-state index contributed by atoms with van der Waals surface area (Å²) >= 11 is 0. The lowest BCUT2D eigenvalue weighted by Gasteiger charge is -2.36. The lowest BCUT2D eigenvalue weighted by molar-refractivity contribution is 0.0735. The third kappa shape index (κ3) is 5.36. The molecule has 5 heterocycles. The van der Waals surface area contributed by atoms with E-state index in [1.54, 1.807) is 35.4 Å². The number of carbonyl (C=O) groups excluding carboxylic acids is 1. The number of halogens is 1. The predicted molar refractivity (Wildman–Crippen MR) is 145 cm³/mol. The first-order valence-corrected chi connectivity index (χ1v) is 13.1. The normalized spacial score (nSPS) is 16.6. The molecule has 0 aliphatic carbocycles. The number of amides is 1. The summed E-state index contributed by atoms with van der Waals surface area (Å²) in [6, 6.07) is 10.3. The molecule has 4 N–H and O–H groups in total. The van der Waals surface area contributed by atoms with Crippen LogP contribution >= 0.6 is 0 Å². The first-order chi connectivity index (χ1) is 19.0. The highest BCUT2D eigenvalue weighted by atomic mass is 19.1. The van der Waals surface area contributed by atoms with Crippen LogP contribution in [0.25, 0.3) is 17.1 Å². The number of hydrogen-bond acceptors (Lipinski definition) is 10. The number of aromatic nitrogens is 4. The van der Waals surface area contributed by atoms with Crippen molar-refractivity contribution in [1.29, 1.82) is 0 Å². The van der Waals surface area contributed by atoms with Crippen LogP contribution in [0.4, 0.5) is 22.0 Å². The van der Waals surface area contributed by atoms with Crippen LogP contribution < -0.4 is 21.3 Å². The van der Waals surface area contributed by atoms with Gasteiger partial charge in [0.2, 0.25) is 11.9 Å². The van der Waals surface area contributed by atoms with E-state index < -0.39 is 0 Å². The van der Waals surface area contributed by atoms with Crippen molar-refractivity contribution in [2.75, 3.05) is 81.4 Å². The first-order valence-electron chi connectivity index (χ1n) is 13.1. The van der Waals surface area contributed by atoms with Gasteiger partial charge in [-0.15, -0.1) is 0 Å². The van der Waals surface area contributed by atoms with Gasteiger partial charge in [0, 0.05) is 77.1 Å². The summed E-state index contributed by atoms with van der Waals surface area (Å²) in [6.45, 7) is 7.20. The molecular formula is C26H31FN10O2. The molecule has 4 aromatic rings. The van der Waals surface area contributed by atoms with Crippen LogP contribution in [0.3, 0.4) is 0 Å². The molecule has 204 valence electrons. The fourth-order valence-electron chi connectivity index (χ4n) is 5.02. The Labute approximate surface area is 224 Å². The maximum Gasteiger partial charge on any atom is 0.254 e. The quantitative estimate of drug-likeness (QED) is 0.319. The molecule has 1 aromatic carbocycles. The van der Waals surface area contributed by atoms with Gasteiger partial charge in [0.15, 0.2) is 11.4 Å². The van der Waals surface area contributed by atoms with Crippen molar-refractivity contribution < 1.29 is 13.6 Å². The van der Waals surface area contributed by atoms with Crippen LogP contribution in [-0.4, -0.2) is 101 Å². The zero-order valence-electron chi connectivity index (χ0n) is 21.5. The van der Waals surface area contributed by atoms with Gasteiger partial charge in [0.1, 0.15) is 11.5 Å². The number of carbonyl (C=O) groups is 1. The molecule has 2 aliphatic rings. The molecule has 13 heteroatoms. The Morgan fingerprint density at radius 2 is 1.90 bits per heavy atom. The summed E-state index contributed by atoms with van der Waals surface area (Å²) in [5, 5.41) is 10.9. The van der Waals surface area contributed by atoms with E-state index in [-0.39, 0.29) is 17.7 Å². The van der Waals surface area contributed by atoms with Gasteiger partial charge in [0.25, 0.3) is 5.91 Å². The molecule has 0 saturated carbocycles. The number of nitrogens with zero attached hydrogens (tertiary/aromatic N) is 7. The molecule has 39 heavy (non-hydrogen) atoms. The SMILES string of the molecule is Nc1nc(NCCN2CCN(c3ccc(C(=O)N4CCNCC4)cc3F)CC2)nc2cc(-c3ccco3)nn12. The van der Waals surface area contributed by atoms with Crippen molar-refractivity contribution in [1.82, 2.24) is 34.7 Å². The first kappa shape index (κ1) is 25.1. The van der Waals surface area contributed by atoms with Crippen LogP contribution in [0.2, 0.25) is 0 Å². The van der Waals surface area contributed by atoms with Gasteiger partial charge in [-0.1, -0.05) is 0 Å². The Bertz CT molecular complexity index is 1440. The second kappa shape index (κ2) is 10.9. The number of anilines is 3. The molecule has 2 aliphatic heterocycles. The Kier molecular flexibility index (Phi) is 6.99. The number of rotatable bonds is 7. The minimum absolute atomic E-state index is 0.115. The van der Waals surface area contributed by atoms with Gasteiger partial charge in [0.05, 0.1) is 12.0 Å². The minimum atomic E-state index is -0.355. The number of nitrogens with two attached hydrogens (primary N) is 1. The highest BCUT2D eigenvalue weighted by molar-refractivity contribution is 5.94. The van der Waals surface area contributed by atoms with Gasteiger partial charge >= 0.3 is 0 Å². The lowest BCUT2D eigenvalue weighted by atomic mass is 10.1. The topological polar surface area (TPSA) is 133 Å². The van der Waals surface area contributed by atoms with Gasteiger partial charge in [-0.05, 0) is 30.3 Å². The van der Waals surface area contributed by atoms with E-state index in [1.807, 2.05) is 11.0 Å². The number of fused-ring (bicyclic) bond motifs is 1. The fraction of sp³-hybridized carbons (Fsp3) is 0.385. The second-order valence-corrected chi connectivity index (χ2v) is 9.65. The van der Waals surface area contributed by atoms with Gasteiger partial charge in [-0.3, -0.25) is 9.69 Å². The van der Waals surface area contributed by atoms with Gasteiger partial charge < -0.3 is 30.6 Å². The van der Waals surface area contributed by atoms with Crippen LogP contribution in [-0.2, 0) is 0 Å². The van der Waals surface area contributed by atoms with Crippen molar-refractivity contribution in [3.8, 4) is 11.5 Å². The largest absolute Gasteiger partial charge is 0.463 e. The van der Waals surface area contributed by atoms with Crippen LogP contribution in [0, 0.1) is 5.82 Å². The molecule has 0 radical (unpaired) electrons. The summed E-state index contributed by atoms with van der Waals surface area (Å²) in [5.41, 5.74) is 8.24. The molecule has 2 fully saturated rings. The standard InChI is InChI=1S/C26H31FN10O2/c27-19-16-18(24(38)36-9-5-29-6-10-36)3-4-21(19)35-13-11-34(12-14-35)8-7-30-26-31-23-17-20(22-2-1-15-39-22)33-37(23)25(28)32-26/h1-4,15-17,29H,5-14H2,(H3,28,30,31,32). The lowest BCUT2D eigenvalue weighted by Crippen LogP contribution is -2.48. The number of benzene rings is 1. The minimum Gasteiger partial charge on any atom is -0.463 e. The Morgan fingerprint density at radius 3 is 2.64 bits per heavy atom. The van der Waals surface area contributed by atoms with E-state index in [0.29, 0.717) is 67.0 Å². The Morgan fingerprint density at radius 1 is 1.08 bits per heavy atom. The molecule has 1 amide bonds. The number of hydrogen-bond donors (Lipinski definition) is 3. The predicted octanol–water partition coefficient (Wildman–Crippen LogP) is 1.39. The van der Waals surface area contributed by atoms with Crippen molar-refractivity contribution in [3.63, 3.8) is 0 Å². The highest BCUT2D eigenvalue weighted by Gasteiger charge is 2.23. The molecule has 3 aromatic heterocycles. The van der Waals surface area contributed by atoms with Crippen LogP contribution in [0.5, 0.6) is 0 Å². The second-order valence-electron chi connectivity index (χ2n) is 9.65. The highest BCUT2D eigenvalue weighted by Crippen LogP contribution is 2.23. The molecule has 0 bridgehead atoms. The molecule has 0 spiro atoms. The summed E-state index contributed by atoms with van der Waals surface area (Å²) in [7, 11) is 0. The maximum atomic E-state index is 15.0. The van der Waals surface area contributed by atoms with E-state index in [9.17, 15) is 9.18 Å². The van der Waals surface area contributed by atoms with Crippen molar-refractivity contribution in [2.24, 2.45) is 0 Å². The van der Waals surface area contributed by atoms with E-state index in [4.69, 9.17) is 10.2 Å². The Balaban J connectivity index is 1.01. The molecule has 2 saturated heterocycles. The third-order valence-corrected chi connectivity index (χ3v) is 7.15. The summed E-state index contributed by atoms with van der Waals surface area (Å²) in [6.07, 6.45) is 1.59. The molecule has 12 nitrogen and oxygen atoms in total. The summed E-state index contributed by atoms with van der Waals surface area (Å²) < 4.78 is 21.9. The van der Waals surface area contributed by atoms with Crippen molar-refractivity contribution in [2.45, 2.75) is 0 Å². The van der Waals surface area contributed by atoms with Crippen molar-refractivity contribution in [3.05, 3.63) is 54.0 Å². The van der Waals surface area contributed by atoms with E-state index in [0.717, 1.165) is 32.7 Å². The van der Waals surface area contributed by atoms with Crippen LogP contribution in [0.1, 0.15) is 10.4 Å². The molecule has 0 unspecified atom stereocenters. The smallest absolute Gasteiger partial charge is 0.254 e. The van der Waals surface area contributed by atoms with Gasteiger partial charge in [-0.2, -0.15) is 19.6 Å². The molecule has 0 atom stereocenters. The summed E-state index contributed by atoms with van der Waals surface area (Å²) in [5.74, 6) is 0.827. The zero-order valence-corrected chi connectivity index (χ0v) is 21.5. The van der Waals surface area contributed by atoms with E-state index in [1.165, 1.54) is 10.6 Å². The zero-order chi connectivity index (χ0) is 26.8. The molecular weight excluding hydrogens is 503 g/mol. The van der Waals surface area contributed by atoms with E-state index >= 15 is 0 Å². The average molecular weight is 535 g/mol. The Hall–Kier alpha value is -4.23. The van der Waals surface area contributed by atoms with E-state index in [2.05, 4.69) is 30.6 Å². The summed E-state index contributed by atoms with van der Waals surface area (Å²) in [4.78, 5) is 27.6. The van der Waals surface area contributed by atoms with Crippen molar-refractivity contribution >= 4 is 29.1 Å². The van der Waals surface area contributed by atoms with Crippen LogP contribution in [0.15, 0.2) is 47.1 Å². The number of piperazine rings is 2.